The molecule has 0 aliphatic carbocycles. The molecule has 0 saturated heterocycles. The van der Waals surface area contributed by atoms with Crippen LogP contribution in [0.4, 0.5) is 0 Å². The Morgan fingerprint density at radius 3 is 2.50 bits per heavy atom. The molecule has 0 bridgehead atoms. The first-order valence-electron chi connectivity index (χ1n) is 8.64. The fourth-order valence-electron chi connectivity index (χ4n) is 2.99. The van der Waals surface area contributed by atoms with E-state index in [0.29, 0.717) is 23.0 Å². The Hall–Kier alpha value is -2.90. The molecule has 1 amide bonds. The standard InChI is InChI=1S/C18H23N5O3/c1-10(2)9-22-16(25)13-7-6-12(15(24)19-11(3)4)8-14(13)23-17(22)20-21(5)18(23)26/h6-8,10-11H,9H2,1-5H3,(H,19,24). The lowest BCUT2D eigenvalue weighted by atomic mass is 10.1. The highest BCUT2D eigenvalue weighted by molar-refractivity contribution is 5.98. The van der Waals surface area contributed by atoms with E-state index in [-0.39, 0.29) is 34.9 Å². The van der Waals surface area contributed by atoms with Gasteiger partial charge in [-0.05, 0) is 38.0 Å². The Labute approximate surface area is 150 Å². The maximum atomic E-state index is 13.0. The Morgan fingerprint density at radius 1 is 1.19 bits per heavy atom. The summed E-state index contributed by atoms with van der Waals surface area (Å²) in [5.41, 5.74) is 0.204. The van der Waals surface area contributed by atoms with Crippen LogP contribution in [0, 0.1) is 5.92 Å². The van der Waals surface area contributed by atoms with E-state index < -0.39 is 0 Å². The Bertz CT molecular complexity index is 1120. The van der Waals surface area contributed by atoms with Crippen LogP contribution in [0.2, 0.25) is 0 Å². The number of benzene rings is 1. The SMILES string of the molecule is CC(C)Cn1c(=O)c2ccc(C(=O)NC(C)C)cc2n2c(=O)n(C)nc12. The molecule has 2 heterocycles. The minimum atomic E-state index is -0.357. The van der Waals surface area contributed by atoms with Gasteiger partial charge in [0.05, 0.1) is 10.9 Å². The summed E-state index contributed by atoms with van der Waals surface area (Å²) in [5, 5.41) is 7.43. The number of nitrogens with one attached hydrogen (secondary N) is 1. The number of aryl methyl sites for hydroxylation is 1. The number of rotatable bonds is 4. The van der Waals surface area contributed by atoms with Crippen molar-refractivity contribution < 1.29 is 4.79 Å². The van der Waals surface area contributed by atoms with Crippen LogP contribution in [-0.4, -0.2) is 30.7 Å². The monoisotopic (exact) mass is 357 g/mol. The molecule has 0 unspecified atom stereocenters. The molecule has 0 fully saturated rings. The molecule has 1 N–H and O–H groups in total. The summed E-state index contributed by atoms with van der Waals surface area (Å²) in [5.74, 6) is 0.241. The maximum Gasteiger partial charge on any atom is 0.351 e. The smallest absolute Gasteiger partial charge is 0.350 e. The number of fused-ring (bicyclic) bond motifs is 3. The summed E-state index contributed by atoms with van der Waals surface area (Å²) in [6.45, 7) is 8.17. The van der Waals surface area contributed by atoms with E-state index >= 15 is 0 Å². The van der Waals surface area contributed by atoms with Crippen molar-refractivity contribution in [3.8, 4) is 0 Å². The van der Waals surface area contributed by atoms with Crippen molar-refractivity contribution >= 4 is 22.6 Å². The van der Waals surface area contributed by atoms with Gasteiger partial charge in [-0.1, -0.05) is 13.8 Å². The van der Waals surface area contributed by atoms with Gasteiger partial charge in [0.25, 0.3) is 11.5 Å². The first kappa shape index (κ1) is 17.9. The van der Waals surface area contributed by atoms with E-state index in [0.717, 1.165) is 0 Å². The number of aromatic nitrogens is 4. The van der Waals surface area contributed by atoms with Gasteiger partial charge in [-0.2, -0.15) is 0 Å². The summed E-state index contributed by atoms with van der Waals surface area (Å²) < 4.78 is 4.11. The summed E-state index contributed by atoms with van der Waals surface area (Å²) in [4.78, 5) is 37.9. The molecule has 0 atom stereocenters. The fourth-order valence-corrected chi connectivity index (χ4v) is 2.99. The van der Waals surface area contributed by atoms with Crippen molar-refractivity contribution in [1.29, 1.82) is 0 Å². The van der Waals surface area contributed by atoms with Gasteiger partial charge in [0.1, 0.15) is 0 Å². The number of carbonyl (C=O) groups excluding carboxylic acids is 1. The number of nitrogens with zero attached hydrogens (tertiary/aromatic N) is 4. The number of hydrogen-bond donors (Lipinski definition) is 1. The van der Waals surface area contributed by atoms with E-state index in [2.05, 4.69) is 10.4 Å². The van der Waals surface area contributed by atoms with Crippen molar-refractivity contribution in [2.24, 2.45) is 13.0 Å². The Balaban J connectivity index is 2.38. The molecular formula is C18H23N5O3. The predicted octanol–water partition coefficient (Wildman–Crippen LogP) is 1.14. The largest absolute Gasteiger partial charge is 0.351 e. The molecule has 3 rings (SSSR count). The van der Waals surface area contributed by atoms with Gasteiger partial charge in [0.2, 0.25) is 5.78 Å². The van der Waals surface area contributed by atoms with Crippen LogP contribution in [0.1, 0.15) is 38.1 Å². The third-order valence-electron chi connectivity index (χ3n) is 4.09. The average Bonchev–Trinajstić information content (AvgIpc) is 2.85. The molecule has 8 nitrogen and oxygen atoms in total. The zero-order chi connectivity index (χ0) is 19.2. The fraction of sp³-hybridized carbons (Fsp3) is 0.444. The third kappa shape index (κ3) is 2.91. The minimum absolute atomic E-state index is 0.0154. The van der Waals surface area contributed by atoms with E-state index in [9.17, 15) is 14.4 Å². The number of hydrogen-bond acceptors (Lipinski definition) is 4. The molecule has 0 aliphatic rings. The van der Waals surface area contributed by atoms with Gasteiger partial charge in [0, 0.05) is 25.2 Å². The van der Waals surface area contributed by atoms with Crippen molar-refractivity contribution in [2.45, 2.75) is 40.3 Å². The van der Waals surface area contributed by atoms with Gasteiger partial charge in [-0.3, -0.25) is 14.2 Å². The van der Waals surface area contributed by atoms with Crippen LogP contribution in [0.5, 0.6) is 0 Å². The highest BCUT2D eigenvalue weighted by Gasteiger charge is 2.18. The van der Waals surface area contributed by atoms with Crippen LogP contribution in [-0.2, 0) is 13.6 Å². The molecular weight excluding hydrogens is 334 g/mol. The van der Waals surface area contributed by atoms with Crippen molar-refractivity contribution in [3.05, 3.63) is 44.6 Å². The van der Waals surface area contributed by atoms with E-state index in [1.165, 1.54) is 13.6 Å². The second kappa shape index (κ2) is 6.44. The Morgan fingerprint density at radius 2 is 1.88 bits per heavy atom. The van der Waals surface area contributed by atoms with Crippen molar-refractivity contribution in [3.63, 3.8) is 0 Å². The topological polar surface area (TPSA) is 90.4 Å². The van der Waals surface area contributed by atoms with E-state index in [1.54, 1.807) is 25.2 Å². The van der Waals surface area contributed by atoms with Gasteiger partial charge in [-0.25, -0.2) is 13.9 Å². The molecule has 0 spiro atoms. The molecule has 26 heavy (non-hydrogen) atoms. The highest BCUT2D eigenvalue weighted by atomic mass is 16.2. The summed E-state index contributed by atoms with van der Waals surface area (Å²) in [6, 6.07) is 4.76. The zero-order valence-electron chi connectivity index (χ0n) is 15.6. The van der Waals surface area contributed by atoms with Crippen LogP contribution < -0.4 is 16.6 Å². The van der Waals surface area contributed by atoms with Gasteiger partial charge < -0.3 is 5.32 Å². The molecule has 1 aromatic carbocycles. The second-order valence-corrected chi connectivity index (χ2v) is 7.21. The summed E-state index contributed by atoms with van der Waals surface area (Å²) in [6.07, 6.45) is 0. The maximum absolute atomic E-state index is 13.0. The Kier molecular flexibility index (Phi) is 4.43. The summed E-state index contributed by atoms with van der Waals surface area (Å²) in [7, 11) is 1.54. The summed E-state index contributed by atoms with van der Waals surface area (Å²) >= 11 is 0. The lowest BCUT2D eigenvalue weighted by Crippen LogP contribution is -2.31. The molecule has 2 aromatic heterocycles. The zero-order valence-corrected chi connectivity index (χ0v) is 15.6. The predicted molar refractivity (Wildman–Crippen MR) is 99.6 cm³/mol. The van der Waals surface area contributed by atoms with Gasteiger partial charge in [-0.15, -0.1) is 5.10 Å². The van der Waals surface area contributed by atoms with Crippen LogP contribution in [0.25, 0.3) is 16.7 Å². The molecule has 0 aliphatic heterocycles. The minimum Gasteiger partial charge on any atom is -0.350 e. The van der Waals surface area contributed by atoms with Crippen molar-refractivity contribution in [1.82, 2.24) is 24.1 Å². The lowest BCUT2D eigenvalue weighted by molar-refractivity contribution is 0.0943. The first-order chi connectivity index (χ1) is 12.2. The van der Waals surface area contributed by atoms with Crippen LogP contribution >= 0.6 is 0 Å². The first-order valence-corrected chi connectivity index (χ1v) is 8.64. The van der Waals surface area contributed by atoms with Gasteiger partial charge >= 0.3 is 5.69 Å². The third-order valence-corrected chi connectivity index (χ3v) is 4.09. The number of amides is 1. The molecule has 8 heteroatoms. The molecule has 138 valence electrons. The number of carbonyl (C=O) groups is 1. The molecule has 0 radical (unpaired) electrons. The van der Waals surface area contributed by atoms with Crippen molar-refractivity contribution in [2.75, 3.05) is 0 Å². The van der Waals surface area contributed by atoms with Gasteiger partial charge in [0.15, 0.2) is 0 Å². The van der Waals surface area contributed by atoms with E-state index in [1.807, 2.05) is 27.7 Å². The second-order valence-electron chi connectivity index (χ2n) is 7.21. The quantitative estimate of drug-likeness (QED) is 0.758. The van der Waals surface area contributed by atoms with Crippen LogP contribution in [0.15, 0.2) is 27.8 Å². The average molecular weight is 357 g/mol. The molecule has 3 aromatic rings. The molecule has 0 saturated carbocycles. The highest BCUT2D eigenvalue weighted by Crippen LogP contribution is 2.15. The van der Waals surface area contributed by atoms with E-state index in [4.69, 9.17) is 0 Å². The van der Waals surface area contributed by atoms with Crippen LogP contribution in [0.3, 0.4) is 0 Å². The normalized spacial score (nSPS) is 11.8. The lowest BCUT2D eigenvalue weighted by Gasteiger charge is -2.13.